The average molecular weight is 374 g/mol. The van der Waals surface area contributed by atoms with E-state index in [-0.39, 0.29) is 17.9 Å². The van der Waals surface area contributed by atoms with Gasteiger partial charge in [-0.05, 0) is 49.1 Å². The molecule has 0 saturated heterocycles. The van der Waals surface area contributed by atoms with Gasteiger partial charge in [-0.3, -0.25) is 14.9 Å². The van der Waals surface area contributed by atoms with Crippen LogP contribution in [0.3, 0.4) is 0 Å². The highest BCUT2D eigenvalue weighted by Gasteiger charge is 2.32. The summed E-state index contributed by atoms with van der Waals surface area (Å²) >= 11 is 1.27. The first-order valence-corrected chi connectivity index (χ1v) is 9.15. The van der Waals surface area contributed by atoms with E-state index in [0.717, 1.165) is 18.4 Å². The van der Waals surface area contributed by atoms with Crippen LogP contribution in [0.2, 0.25) is 0 Å². The first kappa shape index (κ1) is 18.1. The lowest BCUT2D eigenvalue weighted by Gasteiger charge is -2.09. The van der Waals surface area contributed by atoms with Crippen LogP contribution in [0, 0.1) is 17.0 Å². The monoisotopic (exact) mass is 374 g/mol. The van der Waals surface area contributed by atoms with E-state index in [1.807, 2.05) is 5.38 Å². The van der Waals surface area contributed by atoms with Gasteiger partial charge in [0, 0.05) is 17.7 Å². The Hall–Kier alpha value is -2.74. The molecule has 136 valence electrons. The third-order valence-electron chi connectivity index (χ3n) is 4.22. The minimum absolute atomic E-state index is 0.156. The number of benzene rings is 1. The Morgan fingerprint density at radius 3 is 2.73 bits per heavy atom. The van der Waals surface area contributed by atoms with E-state index < -0.39 is 16.8 Å². The maximum atomic E-state index is 12.7. The number of nitrogens with one attached hydrogen (secondary N) is 1. The van der Waals surface area contributed by atoms with Crippen LogP contribution in [0.15, 0.2) is 23.6 Å². The van der Waals surface area contributed by atoms with Gasteiger partial charge >= 0.3 is 5.97 Å². The number of nitrogens with zero attached hydrogens (tertiary/aromatic N) is 1. The molecule has 1 N–H and O–H groups in total. The molecule has 1 aliphatic carbocycles. The van der Waals surface area contributed by atoms with Crippen molar-refractivity contribution in [2.24, 2.45) is 0 Å². The molecule has 0 atom stereocenters. The largest absolute Gasteiger partial charge is 0.462 e. The second kappa shape index (κ2) is 7.25. The molecule has 1 aromatic carbocycles. The molecule has 3 rings (SSSR count). The predicted octanol–water partition coefficient (Wildman–Crippen LogP) is 4.27. The quantitative estimate of drug-likeness (QED) is 0.462. The Kier molecular flexibility index (Phi) is 5.03. The lowest BCUT2D eigenvalue weighted by atomic mass is 10.1. The number of aryl methyl sites for hydroxylation is 1. The Balaban J connectivity index is 1.91. The summed E-state index contributed by atoms with van der Waals surface area (Å²) in [7, 11) is 0. The van der Waals surface area contributed by atoms with Gasteiger partial charge in [-0.1, -0.05) is 6.07 Å². The highest BCUT2D eigenvalue weighted by Crippen LogP contribution is 2.46. The number of nitro benzene ring substituents is 1. The number of rotatable bonds is 6. The fourth-order valence-electron chi connectivity index (χ4n) is 2.71. The number of carbonyl (C=O) groups is 2. The number of anilines is 1. The van der Waals surface area contributed by atoms with Gasteiger partial charge in [-0.15, -0.1) is 11.3 Å². The Labute approximate surface area is 154 Å². The summed E-state index contributed by atoms with van der Waals surface area (Å²) in [5.74, 6) is -0.612. The van der Waals surface area contributed by atoms with Crippen molar-refractivity contribution < 1.29 is 19.2 Å². The highest BCUT2D eigenvalue weighted by atomic mass is 32.1. The number of hydrogen-bond acceptors (Lipinski definition) is 6. The van der Waals surface area contributed by atoms with Gasteiger partial charge < -0.3 is 10.1 Å². The zero-order valence-electron chi connectivity index (χ0n) is 14.4. The van der Waals surface area contributed by atoms with E-state index in [2.05, 4.69) is 5.32 Å². The number of esters is 1. The zero-order chi connectivity index (χ0) is 18.8. The molecule has 1 aromatic heterocycles. The highest BCUT2D eigenvalue weighted by molar-refractivity contribution is 7.15. The molecule has 0 bridgehead atoms. The summed E-state index contributed by atoms with van der Waals surface area (Å²) in [5.41, 5.74) is 1.96. The molecule has 26 heavy (non-hydrogen) atoms. The van der Waals surface area contributed by atoms with Crippen molar-refractivity contribution in [2.45, 2.75) is 32.6 Å². The second-order valence-electron chi connectivity index (χ2n) is 6.10. The van der Waals surface area contributed by atoms with E-state index in [9.17, 15) is 19.7 Å². The second-order valence-corrected chi connectivity index (χ2v) is 6.98. The molecule has 1 fully saturated rings. The molecule has 0 spiro atoms. The van der Waals surface area contributed by atoms with E-state index in [4.69, 9.17) is 4.74 Å². The number of nitro groups is 1. The summed E-state index contributed by atoms with van der Waals surface area (Å²) in [4.78, 5) is 35.4. The first-order chi connectivity index (χ1) is 12.4. The smallest absolute Gasteiger partial charge is 0.341 e. The van der Waals surface area contributed by atoms with Crippen LogP contribution in [0.4, 0.5) is 10.7 Å². The van der Waals surface area contributed by atoms with E-state index in [1.165, 1.54) is 29.5 Å². The molecular weight excluding hydrogens is 356 g/mol. The number of non-ortho nitro benzene ring substituents is 1. The molecule has 1 amide bonds. The Bertz CT molecular complexity index is 886. The summed E-state index contributed by atoms with van der Waals surface area (Å²) in [5, 5.41) is 16.0. The molecule has 0 aliphatic heterocycles. The minimum atomic E-state index is -0.545. The van der Waals surface area contributed by atoms with E-state index in [0.29, 0.717) is 22.0 Å². The van der Waals surface area contributed by atoms with Crippen molar-refractivity contribution in [1.82, 2.24) is 0 Å². The number of hydrogen-bond donors (Lipinski definition) is 1. The summed E-state index contributed by atoms with van der Waals surface area (Å²) in [6.45, 7) is 3.68. The zero-order valence-corrected chi connectivity index (χ0v) is 15.2. The molecule has 8 heteroatoms. The van der Waals surface area contributed by atoms with Crippen LogP contribution >= 0.6 is 11.3 Å². The normalized spacial score (nSPS) is 13.3. The van der Waals surface area contributed by atoms with Crippen LogP contribution in [0.25, 0.3) is 0 Å². The van der Waals surface area contributed by atoms with Gasteiger partial charge in [-0.25, -0.2) is 4.79 Å². The third kappa shape index (κ3) is 3.60. The van der Waals surface area contributed by atoms with Crippen molar-refractivity contribution in [2.75, 3.05) is 11.9 Å². The van der Waals surface area contributed by atoms with Crippen LogP contribution in [0.1, 0.15) is 57.5 Å². The van der Waals surface area contributed by atoms with E-state index in [1.54, 1.807) is 13.8 Å². The summed E-state index contributed by atoms with van der Waals surface area (Å²) < 4.78 is 5.13. The van der Waals surface area contributed by atoms with Crippen LogP contribution < -0.4 is 5.32 Å². The molecule has 1 heterocycles. The first-order valence-electron chi connectivity index (χ1n) is 8.27. The number of ether oxygens (including phenoxy) is 1. The summed E-state index contributed by atoms with van der Waals surface area (Å²) in [6.07, 6.45) is 2.03. The number of carbonyl (C=O) groups excluding carboxylic acids is 2. The topological polar surface area (TPSA) is 98.5 Å². The fraction of sp³-hybridized carbons (Fsp3) is 0.333. The minimum Gasteiger partial charge on any atom is -0.462 e. The van der Waals surface area contributed by atoms with Crippen LogP contribution in [0.5, 0.6) is 0 Å². The number of amides is 1. The lowest BCUT2D eigenvalue weighted by molar-refractivity contribution is -0.384. The molecule has 7 nitrogen and oxygen atoms in total. The maximum absolute atomic E-state index is 12.7. The molecule has 2 aromatic rings. The fourth-order valence-corrected chi connectivity index (χ4v) is 3.74. The molecule has 1 saturated carbocycles. The molecule has 1 aliphatic rings. The van der Waals surface area contributed by atoms with Gasteiger partial charge in [0.15, 0.2) is 0 Å². The van der Waals surface area contributed by atoms with Crippen LogP contribution in [-0.2, 0) is 4.74 Å². The molecule has 0 radical (unpaired) electrons. The van der Waals surface area contributed by atoms with Crippen molar-refractivity contribution >= 4 is 33.9 Å². The van der Waals surface area contributed by atoms with Crippen molar-refractivity contribution in [3.05, 3.63) is 55.9 Å². The predicted molar refractivity (Wildman–Crippen MR) is 98.0 cm³/mol. The van der Waals surface area contributed by atoms with Crippen molar-refractivity contribution in [1.29, 1.82) is 0 Å². The van der Waals surface area contributed by atoms with Crippen LogP contribution in [-0.4, -0.2) is 23.4 Å². The van der Waals surface area contributed by atoms with Crippen molar-refractivity contribution in [3.63, 3.8) is 0 Å². The SMILES string of the molecule is CCOC(=O)c1c(C2CC2)csc1NC(=O)c1cc([N+](=O)[O-])ccc1C. The standard InChI is InChI=1S/C18H18N2O5S/c1-3-25-18(22)15-14(11-5-6-11)9-26-17(15)19-16(21)13-8-12(20(23)24)7-4-10(13)2/h4,7-9,11H,3,5-6H2,1-2H3,(H,19,21). The van der Waals surface area contributed by atoms with Gasteiger partial charge in [-0.2, -0.15) is 0 Å². The lowest BCUT2D eigenvalue weighted by Crippen LogP contribution is -2.16. The molecule has 0 unspecified atom stereocenters. The third-order valence-corrected chi connectivity index (χ3v) is 5.13. The average Bonchev–Trinajstić information content (AvgIpc) is 3.36. The van der Waals surface area contributed by atoms with Gasteiger partial charge in [0.05, 0.1) is 17.1 Å². The van der Waals surface area contributed by atoms with E-state index >= 15 is 0 Å². The summed E-state index contributed by atoms with van der Waals surface area (Å²) in [6, 6.07) is 4.12. The van der Waals surface area contributed by atoms with Gasteiger partial charge in [0.1, 0.15) is 5.00 Å². The maximum Gasteiger partial charge on any atom is 0.341 e. The number of thiophene rings is 1. The Morgan fingerprint density at radius 2 is 2.12 bits per heavy atom. The van der Waals surface area contributed by atoms with Gasteiger partial charge in [0.2, 0.25) is 0 Å². The Morgan fingerprint density at radius 1 is 1.38 bits per heavy atom. The van der Waals surface area contributed by atoms with Crippen molar-refractivity contribution in [3.8, 4) is 0 Å². The van der Waals surface area contributed by atoms with Gasteiger partial charge in [0.25, 0.3) is 11.6 Å². The molecular formula is C18H18N2O5S.